The molecule has 6 nitrogen and oxygen atoms in total. The van der Waals surface area contributed by atoms with Gasteiger partial charge in [0.15, 0.2) is 0 Å². The molecule has 23 heavy (non-hydrogen) atoms. The van der Waals surface area contributed by atoms with Crippen molar-refractivity contribution in [3.05, 3.63) is 54.1 Å². The van der Waals surface area contributed by atoms with Crippen LogP contribution in [0.2, 0.25) is 0 Å². The van der Waals surface area contributed by atoms with Gasteiger partial charge in [0.1, 0.15) is 5.82 Å². The van der Waals surface area contributed by atoms with E-state index < -0.39 is 0 Å². The summed E-state index contributed by atoms with van der Waals surface area (Å²) in [4.78, 5) is 15.9. The Morgan fingerprint density at radius 1 is 1.35 bits per heavy atom. The van der Waals surface area contributed by atoms with Gasteiger partial charge in [0.05, 0.1) is 19.2 Å². The number of benzene rings is 1. The van der Waals surface area contributed by atoms with E-state index in [9.17, 15) is 4.79 Å². The summed E-state index contributed by atoms with van der Waals surface area (Å²) in [7, 11) is 0. The third-order valence-electron chi connectivity index (χ3n) is 3.57. The van der Waals surface area contributed by atoms with Crippen LogP contribution >= 0.6 is 0 Å². The first-order valence-corrected chi connectivity index (χ1v) is 7.88. The maximum absolute atomic E-state index is 11.6. The van der Waals surface area contributed by atoms with Crippen LogP contribution in [0.3, 0.4) is 0 Å². The molecular weight excluding hydrogens is 292 g/mol. The van der Waals surface area contributed by atoms with Crippen LogP contribution < -0.4 is 10.6 Å². The highest BCUT2D eigenvalue weighted by molar-refractivity contribution is 5.74. The van der Waals surface area contributed by atoms with Crippen molar-refractivity contribution in [1.82, 2.24) is 20.2 Å². The number of hydrogen-bond acceptors (Lipinski definition) is 3. The van der Waals surface area contributed by atoms with Crippen LogP contribution in [0, 0.1) is 0 Å². The summed E-state index contributed by atoms with van der Waals surface area (Å²) in [5.74, 6) is 0.824. The van der Waals surface area contributed by atoms with E-state index in [0.717, 1.165) is 25.2 Å². The first kappa shape index (κ1) is 17.0. The molecule has 0 bridgehead atoms. The zero-order valence-corrected chi connectivity index (χ0v) is 13.4. The van der Waals surface area contributed by atoms with Gasteiger partial charge in [0.25, 0.3) is 0 Å². The molecule has 1 unspecified atom stereocenters. The Balaban J connectivity index is 1.77. The number of imidazole rings is 1. The fourth-order valence-corrected chi connectivity index (χ4v) is 2.29. The van der Waals surface area contributed by atoms with E-state index in [-0.39, 0.29) is 18.7 Å². The minimum absolute atomic E-state index is 0.0818. The molecule has 1 atom stereocenters. The molecule has 0 aliphatic rings. The molecule has 0 aliphatic carbocycles. The van der Waals surface area contributed by atoms with Crippen LogP contribution in [0.25, 0.3) is 0 Å². The largest absolute Gasteiger partial charge is 0.394 e. The molecular formula is C17H24N4O2. The number of aromatic nitrogens is 2. The molecule has 0 radical (unpaired) electrons. The minimum atomic E-state index is -0.301. The molecule has 1 heterocycles. The highest BCUT2D eigenvalue weighted by Crippen LogP contribution is 2.05. The SMILES string of the molecule is CC(CO)NC(=O)NCc1nccn1CCCc1ccccc1. The maximum atomic E-state index is 11.6. The number of nitrogens with one attached hydrogen (secondary N) is 2. The van der Waals surface area contributed by atoms with Gasteiger partial charge in [-0.2, -0.15) is 0 Å². The van der Waals surface area contributed by atoms with Gasteiger partial charge in [-0.1, -0.05) is 30.3 Å². The lowest BCUT2D eigenvalue weighted by molar-refractivity contribution is 0.220. The van der Waals surface area contributed by atoms with Crippen molar-refractivity contribution in [2.24, 2.45) is 0 Å². The van der Waals surface area contributed by atoms with E-state index >= 15 is 0 Å². The van der Waals surface area contributed by atoms with Gasteiger partial charge in [-0.05, 0) is 25.3 Å². The monoisotopic (exact) mass is 316 g/mol. The summed E-state index contributed by atoms with van der Waals surface area (Å²) >= 11 is 0. The van der Waals surface area contributed by atoms with Crippen LogP contribution in [-0.2, 0) is 19.5 Å². The normalized spacial score (nSPS) is 11.9. The van der Waals surface area contributed by atoms with Gasteiger partial charge < -0.3 is 20.3 Å². The number of aliphatic hydroxyl groups is 1. The Hall–Kier alpha value is -2.34. The summed E-state index contributed by atoms with van der Waals surface area (Å²) in [5.41, 5.74) is 1.32. The standard InChI is InChI=1S/C17H24N4O2/c1-14(13-22)20-17(23)19-12-16-18-9-11-21(16)10-5-8-15-6-3-2-4-7-15/h2-4,6-7,9,11,14,22H,5,8,10,12-13H2,1H3,(H2,19,20,23). The Kier molecular flexibility index (Phi) is 6.62. The number of amides is 2. The molecule has 1 aromatic heterocycles. The zero-order valence-electron chi connectivity index (χ0n) is 13.4. The molecule has 2 amide bonds. The smallest absolute Gasteiger partial charge is 0.315 e. The van der Waals surface area contributed by atoms with Crippen LogP contribution in [0.1, 0.15) is 24.7 Å². The number of nitrogens with zero attached hydrogens (tertiary/aromatic N) is 2. The quantitative estimate of drug-likeness (QED) is 0.693. The summed E-state index contributed by atoms with van der Waals surface area (Å²) in [6.07, 6.45) is 5.70. The van der Waals surface area contributed by atoms with Crippen LogP contribution in [-0.4, -0.2) is 33.3 Å². The topological polar surface area (TPSA) is 79.2 Å². The zero-order chi connectivity index (χ0) is 16.5. The second-order valence-corrected chi connectivity index (χ2v) is 5.54. The van der Waals surface area contributed by atoms with E-state index in [2.05, 4.69) is 32.3 Å². The Morgan fingerprint density at radius 3 is 2.87 bits per heavy atom. The first-order valence-electron chi connectivity index (χ1n) is 7.88. The number of aryl methyl sites for hydroxylation is 2. The second kappa shape index (κ2) is 8.95. The molecule has 0 aliphatic heterocycles. The molecule has 2 aromatic rings. The highest BCUT2D eigenvalue weighted by atomic mass is 16.3. The van der Waals surface area contributed by atoms with E-state index in [0.29, 0.717) is 6.54 Å². The van der Waals surface area contributed by atoms with Gasteiger partial charge in [0.2, 0.25) is 0 Å². The summed E-state index contributed by atoms with van der Waals surface area (Å²) in [6, 6.07) is 9.81. The van der Waals surface area contributed by atoms with Crippen molar-refractivity contribution in [1.29, 1.82) is 0 Å². The molecule has 0 spiro atoms. The van der Waals surface area contributed by atoms with Crippen molar-refractivity contribution in [2.45, 2.75) is 38.9 Å². The molecule has 6 heteroatoms. The lowest BCUT2D eigenvalue weighted by Gasteiger charge is -2.12. The number of urea groups is 1. The van der Waals surface area contributed by atoms with Crippen LogP contribution in [0.15, 0.2) is 42.7 Å². The second-order valence-electron chi connectivity index (χ2n) is 5.54. The molecule has 0 fully saturated rings. The van der Waals surface area contributed by atoms with Gasteiger partial charge in [-0.25, -0.2) is 9.78 Å². The number of hydrogen-bond donors (Lipinski definition) is 3. The van der Waals surface area contributed by atoms with E-state index in [1.807, 2.05) is 24.4 Å². The van der Waals surface area contributed by atoms with E-state index in [4.69, 9.17) is 5.11 Å². The summed E-state index contributed by atoms with van der Waals surface area (Å²) < 4.78 is 2.05. The lowest BCUT2D eigenvalue weighted by Crippen LogP contribution is -2.42. The van der Waals surface area contributed by atoms with Crippen molar-refractivity contribution in [3.8, 4) is 0 Å². The molecule has 3 N–H and O–H groups in total. The number of carbonyl (C=O) groups is 1. The first-order chi connectivity index (χ1) is 11.2. The Bertz CT molecular complexity index is 598. The average Bonchev–Trinajstić information content (AvgIpc) is 3.01. The van der Waals surface area contributed by atoms with Crippen LogP contribution in [0.5, 0.6) is 0 Å². The van der Waals surface area contributed by atoms with Crippen molar-refractivity contribution in [2.75, 3.05) is 6.61 Å². The summed E-state index contributed by atoms with van der Waals surface area (Å²) in [5, 5.41) is 14.3. The van der Waals surface area contributed by atoms with Gasteiger partial charge in [-0.3, -0.25) is 0 Å². The third kappa shape index (κ3) is 5.75. The van der Waals surface area contributed by atoms with Crippen LogP contribution in [0.4, 0.5) is 4.79 Å². The fourth-order valence-electron chi connectivity index (χ4n) is 2.29. The number of rotatable bonds is 8. The minimum Gasteiger partial charge on any atom is -0.394 e. The number of carbonyl (C=O) groups excluding carboxylic acids is 1. The summed E-state index contributed by atoms with van der Waals surface area (Å²) in [6.45, 7) is 2.88. The molecule has 1 aromatic carbocycles. The van der Waals surface area contributed by atoms with Gasteiger partial charge in [0, 0.05) is 18.9 Å². The predicted molar refractivity (Wildman–Crippen MR) is 88.9 cm³/mol. The van der Waals surface area contributed by atoms with Crippen molar-refractivity contribution < 1.29 is 9.90 Å². The van der Waals surface area contributed by atoms with Gasteiger partial charge >= 0.3 is 6.03 Å². The van der Waals surface area contributed by atoms with Crippen molar-refractivity contribution >= 4 is 6.03 Å². The fraction of sp³-hybridized carbons (Fsp3) is 0.412. The lowest BCUT2D eigenvalue weighted by atomic mass is 10.1. The molecule has 0 saturated carbocycles. The average molecular weight is 316 g/mol. The molecule has 0 saturated heterocycles. The highest BCUT2D eigenvalue weighted by Gasteiger charge is 2.08. The predicted octanol–water partition coefficient (Wildman–Crippen LogP) is 1.70. The van der Waals surface area contributed by atoms with Gasteiger partial charge in [-0.15, -0.1) is 0 Å². The van der Waals surface area contributed by atoms with Crippen molar-refractivity contribution in [3.63, 3.8) is 0 Å². The maximum Gasteiger partial charge on any atom is 0.315 e. The van der Waals surface area contributed by atoms with E-state index in [1.165, 1.54) is 5.56 Å². The molecule has 124 valence electrons. The third-order valence-corrected chi connectivity index (χ3v) is 3.57. The Morgan fingerprint density at radius 2 is 2.13 bits per heavy atom. The Labute approximate surface area is 136 Å². The molecule has 2 rings (SSSR count). The number of aliphatic hydroxyl groups excluding tert-OH is 1. The van der Waals surface area contributed by atoms with E-state index in [1.54, 1.807) is 13.1 Å².